The number of amides is 1. The molecular weight excluding hydrogens is 254 g/mol. The first-order chi connectivity index (χ1) is 9.70. The van der Waals surface area contributed by atoms with Gasteiger partial charge in [0.2, 0.25) is 5.91 Å². The van der Waals surface area contributed by atoms with Crippen molar-refractivity contribution < 1.29 is 14.6 Å². The number of hydrogen-bond acceptors (Lipinski definition) is 3. The lowest BCUT2D eigenvalue weighted by molar-refractivity contribution is -0.179. The van der Waals surface area contributed by atoms with Gasteiger partial charge in [-0.3, -0.25) is 4.79 Å². The summed E-state index contributed by atoms with van der Waals surface area (Å²) in [4.78, 5) is 14.3. The summed E-state index contributed by atoms with van der Waals surface area (Å²) in [5, 5.41) is 10.2. The number of hydrogen-bond donors (Lipinski definition) is 1. The quantitative estimate of drug-likeness (QED) is 0.843. The number of carbonyl (C=O) groups is 1. The van der Waals surface area contributed by atoms with E-state index in [1.165, 1.54) is 25.7 Å². The number of ether oxygens (including phenoxy) is 1. The second kappa shape index (κ2) is 6.02. The molecule has 2 aliphatic heterocycles. The molecule has 1 atom stereocenters. The van der Waals surface area contributed by atoms with Gasteiger partial charge in [-0.1, -0.05) is 12.8 Å². The first-order valence-corrected chi connectivity index (χ1v) is 8.29. The van der Waals surface area contributed by atoms with Crippen molar-refractivity contribution in [2.24, 2.45) is 5.92 Å². The number of piperidine rings is 1. The predicted octanol–water partition coefficient (Wildman–Crippen LogP) is 2.10. The van der Waals surface area contributed by atoms with Crippen LogP contribution in [0, 0.1) is 5.92 Å². The van der Waals surface area contributed by atoms with Crippen LogP contribution in [0.25, 0.3) is 0 Å². The average Bonchev–Trinajstić information content (AvgIpc) is 2.96. The Morgan fingerprint density at radius 2 is 1.85 bits per heavy atom. The van der Waals surface area contributed by atoms with Crippen LogP contribution in [0.5, 0.6) is 0 Å². The number of likely N-dealkylation sites (tertiary alicyclic amines) is 1. The molecule has 0 aromatic heterocycles. The molecule has 4 nitrogen and oxygen atoms in total. The van der Waals surface area contributed by atoms with Crippen molar-refractivity contribution in [2.75, 3.05) is 19.7 Å². The third-order valence-corrected chi connectivity index (χ3v) is 5.52. The second-order valence-electron chi connectivity index (χ2n) is 6.81. The van der Waals surface area contributed by atoms with Gasteiger partial charge in [0.05, 0.1) is 11.7 Å². The zero-order valence-electron chi connectivity index (χ0n) is 12.4. The van der Waals surface area contributed by atoms with E-state index in [0.717, 1.165) is 51.8 Å². The Balaban J connectivity index is 1.51. The largest absolute Gasteiger partial charge is 0.390 e. The maximum atomic E-state index is 12.3. The van der Waals surface area contributed by atoms with Gasteiger partial charge in [-0.2, -0.15) is 0 Å². The van der Waals surface area contributed by atoms with E-state index in [1.807, 2.05) is 4.90 Å². The molecule has 0 aromatic rings. The first-order valence-electron chi connectivity index (χ1n) is 8.29. The normalized spacial score (nSPS) is 30.9. The monoisotopic (exact) mass is 281 g/mol. The Bertz CT molecular complexity index is 344. The van der Waals surface area contributed by atoms with E-state index in [9.17, 15) is 9.90 Å². The van der Waals surface area contributed by atoms with Crippen LogP contribution in [0.2, 0.25) is 0 Å². The standard InChI is InChI=1S/C16H27NO3/c18-14-6-3-11-20-16(14)7-9-17(10-8-16)15(19)12-13-4-1-2-5-13/h13-14,18H,1-12H2. The minimum atomic E-state index is -0.359. The molecule has 2 heterocycles. The van der Waals surface area contributed by atoms with Crippen LogP contribution in [0.3, 0.4) is 0 Å². The summed E-state index contributed by atoms with van der Waals surface area (Å²) in [6.07, 6.45) is 8.82. The van der Waals surface area contributed by atoms with Crippen LogP contribution in [0.15, 0.2) is 0 Å². The zero-order valence-corrected chi connectivity index (χ0v) is 12.4. The zero-order chi connectivity index (χ0) is 14.0. The Morgan fingerprint density at radius 3 is 2.50 bits per heavy atom. The molecule has 3 rings (SSSR count). The third-order valence-electron chi connectivity index (χ3n) is 5.52. The minimum absolute atomic E-state index is 0.317. The van der Waals surface area contributed by atoms with E-state index >= 15 is 0 Å². The Morgan fingerprint density at radius 1 is 1.15 bits per heavy atom. The molecule has 0 aromatic carbocycles. The maximum Gasteiger partial charge on any atom is 0.222 e. The van der Waals surface area contributed by atoms with Gasteiger partial charge in [0.15, 0.2) is 0 Å². The first kappa shape index (κ1) is 14.3. The van der Waals surface area contributed by atoms with E-state index < -0.39 is 0 Å². The summed E-state index contributed by atoms with van der Waals surface area (Å²) < 4.78 is 5.89. The van der Waals surface area contributed by atoms with Crippen molar-refractivity contribution in [1.82, 2.24) is 4.90 Å². The van der Waals surface area contributed by atoms with Crippen molar-refractivity contribution in [3.63, 3.8) is 0 Å². The average molecular weight is 281 g/mol. The van der Waals surface area contributed by atoms with Gasteiger partial charge in [0.1, 0.15) is 0 Å². The number of aliphatic hydroxyl groups excluding tert-OH is 1. The second-order valence-corrected chi connectivity index (χ2v) is 6.81. The molecule has 0 radical (unpaired) electrons. The van der Waals surface area contributed by atoms with E-state index in [-0.39, 0.29) is 11.7 Å². The van der Waals surface area contributed by atoms with Gasteiger partial charge in [-0.15, -0.1) is 0 Å². The van der Waals surface area contributed by atoms with E-state index in [2.05, 4.69) is 0 Å². The highest BCUT2D eigenvalue weighted by Crippen LogP contribution is 2.36. The highest BCUT2D eigenvalue weighted by atomic mass is 16.5. The molecule has 4 heteroatoms. The molecule has 1 unspecified atom stereocenters. The topological polar surface area (TPSA) is 49.8 Å². The van der Waals surface area contributed by atoms with Gasteiger partial charge in [0, 0.05) is 26.1 Å². The van der Waals surface area contributed by atoms with Crippen molar-refractivity contribution >= 4 is 5.91 Å². The van der Waals surface area contributed by atoms with E-state index in [4.69, 9.17) is 4.74 Å². The van der Waals surface area contributed by atoms with Crippen molar-refractivity contribution in [3.05, 3.63) is 0 Å². The summed E-state index contributed by atoms with van der Waals surface area (Å²) in [5.74, 6) is 0.937. The molecule has 1 N–H and O–H groups in total. The Kier molecular flexibility index (Phi) is 4.32. The van der Waals surface area contributed by atoms with Crippen LogP contribution in [-0.4, -0.2) is 47.3 Å². The van der Waals surface area contributed by atoms with Crippen LogP contribution in [0.4, 0.5) is 0 Å². The number of rotatable bonds is 2. The molecule has 3 aliphatic rings. The fourth-order valence-electron chi connectivity index (χ4n) is 4.11. The van der Waals surface area contributed by atoms with Crippen molar-refractivity contribution in [1.29, 1.82) is 0 Å². The minimum Gasteiger partial charge on any atom is -0.390 e. The summed E-state index contributed by atoms with van der Waals surface area (Å²) in [7, 11) is 0. The van der Waals surface area contributed by atoms with Crippen molar-refractivity contribution in [2.45, 2.75) is 69.5 Å². The number of aliphatic hydroxyl groups is 1. The fraction of sp³-hybridized carbons (Fsp3) is 0.938. The summed E-state index contributed by atoms with van der Waals surface area (Å²) >= 11 is 0. The summed E-state index contributed by atoms with van der Waals surface area (Å²) in [6.45, 7) is 2.26. The molecule has 0 bridgehead atoms. The summed E-state index contributed by atoms with van der Waals surface area (Å²) in [6, 6.07) is 0. The van der Waals surface area contributed by atoms with Gasteiger partial charge >= 0.3 is 0 Å². The highest BCUT2D eigenvalue weighted by Gasteiger charge is 2.44. The molecule has 1 spiro atoms. The van der Waals surface area contributed by atoms with Gasteiger partial charge < -0.3 is 14.7 Å². The molecule has 1 saturated carbocycles. The Labute approximate surface area is 121 Å². The van der Waals surface area contributed by atoms with Crippen LogP contribution in [0.1, 0.15) is 57.8 Å². The fourth-order valence-corrected chi connectivity index (χ4v) is 4.11. The SMILES string of the molecule is O=C(CC1CCCC1)N1CCC2(CC1)OCCCC2O. The molecule has 1 aliphatic carbocycles. The maximum absolute atomic E-state index is 12.3. The molecule has 1 amide bonds. The lowest BCUT2D eigenvalue weighted by Gasteiger charge is -2.46. The molecule has 20 heavy (non-hydrogen) atoms. The smallest absolute Gasteiger partial charge is 0.222 e. The number of nitrogens with zero attached hydrogens (tertiary/aromatic N) is 1. The van der Waals surface area contributed by atoms with Crippen molar-refractivity contribution in [3.8, 4) is 0 Å². The third kappa shape index (κ3) is 2.86. The van der Waals surface area contributed by atoms with E-state index in [1.54, 1.807) is 0 Å². The van der Waals surface area contributed by atoms with Gasteiger partial charge in [-0.05, 0) is 44.4 Å². The van der Waals surface area contributed by atoms with Crippen LogP contribution < -0.4 is 0 Å². The Hall–Kier alpha value is -0.610. The molecule has 3 fully saturated rings. The van der Waals surface area contributed by atoms with Crippen LogP contribution in [-0.2, 0) is 9.53 Å². The van der Waals surface area contributed by atoms with Crippen LogP contribution >= 0.6 is 0 Å². The lowest BCUT2D eigenvalue weighted by atomic mass is 9.82. The van der Waals surface area contributed by atoms with Gasteiger partial charge in [-0.25, -0.2) is 0 Å². The number of carbonyl (C=O) groups excluding carboxylic acids is 1. The predicted molar refractivity (Wildman–Crippen MR) is 76.3 cm³/mol. The molecule has 114 valence electrons. The highest BCUT2D eigenvalue weighted by molar-refractivity contribution is 5.76. The summed E-state index contributed by atoms with van der Waals surface area (Å²) in [5.41, 5.74) is -0.359. The molecule has 2 saturated heterocycles. The van der Waals surface area contributed by atoms with E-state index in [0.29, 0.717) is 11.8 Å². The van der Waals surface area contributed by atoms with Gasteiger partial charge in [0.25, 0.3) is 0 Å². The molecular formula is C16H27NO3. The lowest BCUT2D eigenvalue weighted by Crippen LogP contribution is -2.56.